The van der Waals surface area contributed by atoms with Crippen molar-refractivity contribution in [1.82, 2.24) is 15.0 Å². The molecular formula is C29H34F3N3O5. The third-order valence-corrected chi connectivity index (χ3v) is 6.74. The number of hydrogen-bond acceptors (Lipinski definition) is 7. The molecule has 2 aromatic heterocycles. The van der Waals surface area contributed by atoms with Crippen molar-refractivity contribution in [3.63, 3.8) is 0 Å². The third-order valence-electron chi connectivity index (χ3n) is 6.74. The highest BCUT2D eigenvalue weighted by molar-refractivity contribution is 5.79. The van der Waals surface area contributed by atoms with Crippen LogP contribution in [0.4, 0.5) is 13.2 Å². The fourth-order valence-corrected chi connectivity index (χ4v) is 4.75. The molecule has 1 N–H and O–H groups in total. The molecule has 1 aliphatic rings. The topological polar surface area (TPSA) is 83.8 Å². The van der Waals surface area contributed by atoms with Crippen LogP contribution in [-0.2, 0) is 32.1 Å². The number of alkyl halides is 3. The fraction of sp³-hybridized carbons (Fsp3) is 0.448. The minimum absolute atomic E-state index is 0.0531. The molecule has 3 aromatic rings. The lowest BCUT2D eigenvalue weighted by Gasteiger charge is -2.19. The van der Waals surface area contributed by atoms with Crippen LogP contribution in [0.25, 0.3) is 16.7 Å². The standard InChI is InChI=1S/C29H34F3N3O5/c1-37-28(36)25(40-19-29(30,31)32)18-20-8-11-23(12-9-20)39-17-16-35-15-14-22-10-13-24(33-27(22)35)26(34-38-2)21-6-4-3-5-7-21/h8-15,25,34H,3-7,16-19H2,1-2H3. The van der Waals surface area contributed by atoms with Crippen molar-refractivity contribution in [2.75, 3.05) is 27.4 Å². The maximum Gasteiger partial charge on any atom is 0.411 e. The first-order valence-corrected chi connectivity index (χ1v) is 13.2. The van der Waals surface area contributed by atoms with E-state index in [9.17, 15) is 18.0 Å². The van der Waals surface area contributed by atoms with Gasteiger partial charge in [-0.25, -0.2) is 9.78 Å². The minimum Gasteiger partial charge on any atom is -0.492 e. The second-order valence-corrected chi connectivity index (χ2v) is 9.60. The number of allylic oxidation sites excluding steroid dienone is 1. The number of hydroxylamine groups is 1. The van der Waals surface area contributed by atoms with Gasteiger partial charge in [0.2, 0.25) is 0 Å². The van der Waals surface area contributed by atoms with Crippen LogP contribution < -0.4 is 10.2 Å². The number of fused-ring (bicyclic) bond motifs is 1. The van der Waals surface area contributed by atoms with Crippen LogP contribution in [0.5, 0.6) is 5.75 Å². The Hall–Kier alpha value is -3.57. The smallest absolute Gasteiger partial charge is 0.411 e. The highest BCUT2D eigenvalue weighted by atomic mass is 19.4. The Balaban J connectivity index is 1.38. The molecule has 11 heteroatoms. The highest BCUT2D eigenvalue weighted by Crippen LogP contribution is 2.29. The van der Waals surface area contributed by atoms with Crippen LogP contribution in [0.2, 0.25) is 0 Å². The molecule has 1 unspecified atom stereocenters. The number of ether oxygens (including phenoxy) is 3. The van der Waals surface area contributed by atoms with Gasteiger partial charge in [0, 0.05) is 18.0 Å². The average molecular weight is 562 g/mol. The maximum absolute atomic E-state index is 12.5. The maximum atomic E-state index is 12.5. The zero-order valence-electron chi connectivity index (χ0n) is 22.6. The molecule has 1 saturated carbocycles. The van der Waals surface area contributed by atoms with Crippen molar-refractivity contribution in [3.8, 4) is 5.75 Å². The second-order valence-electron chi connectivity index (χ2n) is 9.60. The monoisotopic (exact) mass is 561 g/mol. The van der Waals surface area contributed by atoms with Crippen LogP contribution >= 0.6 is 0 Å². The van der Waals surface area contributed by atoms with E-state index in [0.717, 1.165) is 42.4 Å². The molecule has 216 valence electrons. The van der Waals surface area contributed by atoms with E-state index in [1.54, 1.807) is 31.4 Å². The Kier molecular flexibility index (Phi) is 10.1. The number of nitrogens with one attached hydrogen (secondary N) is 1. The van der Waals surface area contributed by atoms with Gasteiger partial charge in [0.05, 0.1) is 32.2 Å². The van der Waals surface area contributed by atoms with Gasteiger partial charge in [-0.05, 0) is 67.2 Å². The van der Waals surface area contributed by atoms with Crippen LogP contribution in [-0.4, -0.2) is 55.2 Å². The molecule has 0 aliphatic heterocycles. The molecule has 0 spiro atoms. The number of nitrogens with zero attached hydrogens (tertiary/aromatic N) is 2. The summed E-state index contributed by atoms with van der Waals surface area (Å²) in [6.07, 6.45) is 1.66. The molecule has 0 saturated heterocycles. The van der Waals surface area contributed by atoms with Crippen LogP contribution in [0.3, 0.4) is 0 Å². The SMILES string of the molecule is CONC(=C1CCCCC1)c1ccc2ccn(CCOc3ccc(CC(OCC(F)(F)F)C(=O)OC)cc3)c2n1. The number of hydrogen-bond donors (Lipinski definition) is 1. The van der Waals surface area contributed by atoms with Gasteiger partial charge < -0.3 is 18.8 Å². The van der Waals surface area contributed by atoms with Gasteiger partial charge in [0.1, 0.15) is 24.6 Å². The van der Waals surface area contributed by atoms with Gasteiger partial charge >= 0.3 is 12.1 Å². The summed E-state index contributed by atoms with van der Waals surface area (Å²) in [7, 11) is 2.71. The summed E-state index contributed by atoms with van der Waals surface area (Å²) in [4.78, 5) is 22.1. The summed E-state index contributed by atoms with van der Waals surface area (Å²) >= 11 is 0. The van der Waals surface area contributed by atoms with Crippen LogP contribution in [0.1, 0.15) is 43.4 Å². The van der Waals surface area contributed by atoms with Crippen molar-refractivity contribution >= 4 is 22.7 Å². The molecule has 1 atom stereocenters. The number of halogens is 3. The van der Waals surface area contributed by atoms with Crippen molar-refractivity contribution in [3.05, 3.63) is 65.5 Å². The average Bonchev–Trinajstić information content (AvgIpc) is 3.36. The molecule has 8 nitrogen and oxygen atoms in total. The van der Waals surface area contributed by atoms with E-state index < -0.39 is 24.9 Å². The largest absolute Gasteiger partial charge is 0.492 e. The van der Waals surface area contributed by atoms with Crippen molar-refractivity contribution in [2.24, 2.45) is 0 Å². The van der Waals surface area contributed by atoms with Gasteiger partial charge in [-0.1, -0.05) is 18.6 Å². The predicted molar refractivity (Wildman–Crippen MR) is 143 cm³/mol. The highest BCUT2D eigenvalue weighted by Gasteiger charge is 2.32. The second kappa shape index (κ2) is 13.7. The summed E-state index contributed by atoms with van der Waals surface area (Å²) in [5.74, 6) is -0.270. The fourth-order valence-electron chi connectivity index (χ4n) is 4.75. The summed E-state index contributed by atoms with van der Waals surface area (Å²) in [5, 5.41) is 1.02. The Morgan fingerprint density at radius 2 is 1.80 bits per heavy atom. The van der Waals surface area contributed by atoms with Crippen LogP contribution in [0.15, 0.2) is 54.2 Å². The molecular weight excluding hydrogens is 527 g/mol. The molecule has 0 radical (unpaired) electrons. The molecule has 0 amide bonds. The van der Waals surface area contributed by atoms with Crippen molar-refractivity contribution in [1.29, 1.82) is 0 Å². The molecule has 2 heterocycles. The lowest BCUT2D eigenvalue weighted by molar-refractivity contribution is -0.193. The molecule has 0 bridgehead atoms. The lowest BCUT2D eigenvalue weighted by Crippen LogP contribution is -2.32. The van der Waals surface area contributed by atoms with Gasteiger partial charge in [-0.15, -0.1) is 0 Å². The molecule has 1 aliphatic carbocycles. The van der Waals surface area contributed by atoms with E-state index in [1.165, 1.54) is 24.8 Å². The van der Waals surface area contributed by atoms with Gasteiger partial charge in [0.25, 0.3) is 0 Å². The van der Waals surface area contributed by atoms with Gasteiger partial charge in [-0.3, -0.25) is 10.3 Å². The quantitative estimate of drug-likeness (QED) is 0.228. The molecule has 1 fully saturated rings. The zero-order chi connectivity index (χ0) is 28.5. The Morgan fingerprint density at radius 1 is 1.05 bits per heavy atom. The number of methoxy groups -OCH3 is 1. The van der Waals surface area contributed by atoms with E-state index in [2.05, 4.69) is 16.3 Å². The van der Waals surface area contributed by atoms with Gasteiger partial charge in [0.15, 0.2) is 6.10 Å². The predicted octanol–water partition coefficient (Wildman–Crippen LogP) is 5.60. The number of carbonyl (C=O) groups excluding carboxylic acids is 1. The van der Waals surface area contributed by atoms with Gasteiger partial charge in [-0.2, -0.15) is 13.2 Å². The van der Waals surface area contributed by atoms with Crippen molar-refractivity contribution in [2.45, 2.75) is 57.3 Å². The van der Waals surface area contributed by atoms with E-state index in [1.807, 2.05) is 22.9 Å². The molecule has 40 heavy (non-hydrogen) atoms. The number of rotatable bonds is 12. The summed E-state index contributed by atoms with van der Waals surface area (Å²) in [6, 6.07) is 12.8. The molecule has 1 aromatic carbocycles. The number of aromatic nitrogens is 2. The summed E-state index contributed by atoms with van der Waals surface area (Å²) < 4.78 is 54.9. The van der Waals surface area contributed by atoms with Crippen LogP contribution in [0, 0.1) is 0 Å². The van der Waals surface area contributed by atoms with E-state index in [-0.39, 0.29) is 6.42 Å². The number of esters is 1. The first kappa shape index (κ1) is 29.4. The minimum atomic E-state index is -4.54. The zero-order valence-corrected chi connectivity index (χ0v) is 22.6. The van der Waals surface area contributed by atoms with E-state index >= 15 is 0 Å². The first-order chi connectivity index (χ1) is 19.3. The summed E-state index contributed by atoms with van der Waals surface area (Å²) in [5.41, 5.74) is 7.61. The Morgan fingerprint density at radius 3 is 2.48 bits per heavy atom. The van der Waals surface area contributed by atoms with Crippen molar-refractivity contribution < 1.29 is 37.0 Å². The Labute approximate surface area is 231 Å². The first-order valence-electron chi connectivity index (χ1n) is 13.2. The summed E-state index contributed by atoms with van der Waals surface area (Å²) in [6.45, 7) is -0.597. The normalized spacial score (nSPS) is 14.7. The third kappa shape index (κ3) is 7.98. The Bertz CT molecular complexity index is 1300. The van der Waals surface area contributed by atoms with E-state index in [0.29, 0.717) is 24.5 Å². The number of pyridine rings is 1. The lowest BCUT2D eigenvalue weighted by atomic mass is 9.92. The number of carbonyl (C=O) groups is 1. The van der Waals surface area contributed by atoms with E-state index in [4.69, 9.17) is 19.3 Å². The number of benzene rings is 1. The molecule has 4 rings (SSSR count).